The Labute approximate surface area is 80.4 Å². The zero-order chi connectivity index (χ0) is 9.10. The zero-order valence-corrected chi connectivity index (χ0v) is 7.79. The van der Waals surface area contributed by atoms with Gasteiger partial charge in [0.1, 0.15) is 5.00 Å². The minimum Gasteiger partial charge on any atom is -0.389 e. The molecule has 0 amide bonds. The molecule has 2 aromatic heterocycles. The molecule has 0 saturated carbocycles. The minimum atomic E-state index is 0.763. The molecular formula is C9H9N3S. The van der Waals surface area contributed by atoms with Gasteiger partial charge in [0.15, 0.2) is 0 Å². The second kappa shape index (κ2) is 3.53. The normalized spacial score (nSPS) is 10.2. The van der Waals surface area contributed by atoms with Crippen LogP contribution in [0.2, 0.25) is 0 Å². The lowest BCUT2D eigenvalue weighted by atomic mass is 10.2. The maximum Gasteiger partial charge on any atom is 0.107 e. The van der Waals surface area contributed by atoms with Crippen LogP contribution >= 0.6 is 11.5 Å². The summed E-state index contributed by atoms with van der Waals surface area (Å²) in [7, 11) is 0. The van der Waals surface area contributed by atoms with E-state index >= 15 is 0 Å². The molecule has 66 valence electrons. The number of nitrogen functional groups attached to an aromatic ring is 1. The molecule has 0 radical (unpaired) electrons. The van der Waals surface area contributed by atoms with Crippen LogP contribution < -0.4 is 5.73 Å². The molecule has 0 saturated heterocycles. The summed E-state index contributed by atoms with van der Waals surface area (Å²) in [4.78, 5) is 4.03. The van der Waals surface area contributed by atoms with Crippen molar-refractivity contribution >= 4 is 16.5 Å². The summed E-state index contributed by atoms with van der Waals surface area (Å²) in [5.41, 5.74) is 7.74. The van der Waals surface area contributed by atoms with E-state index in [0.29, 0.717) is 0 Å². The summed E-state index contributed by atoms with van der Waals surface area (Å²) in [6.07, 6.45) is 4.41. The second-order valence-electron chi connectivity index (χ2n) is 2.76. The average molecular weight is 191 g/mol. The van der Waals surface area contributed by atoms with E-state index in [1.165, 1.54) is 11.5 Å². The fraction of sp³-hybridized carbons (Fsp3) is 0.111. The third kappa shape index (κ3) is 2.03. The largest absolute Gasteiger partial charge is 0.389 e. The molecule has 0 unspecified atom stereocenters. The molecule has 2 heterocycles. The standard InChI is InChI=1S/C9H9N3S/c10-9-5-8(12-13-9)4-7-2-1-3-11-6-7/h1-3,5-6H,4,10H2. The fourth-order valence-corrected chi connectivity index (χ4v) is 1.65. The number of pyridine rings is 1. The first kappa shape index (κ1) is 8.19. The Morgan fingerprint density at radius 3 is 3.00 bits per heavy atom. The van der Waals surface area contributed by atoms with E-state index in [1.807, 2.05) is 24.4 Å². The Bertz CT molecular complexity index is 383. The van der Waals surface area contributed by atoms with Gasteiger partial charge in [-0.15, -0.1) is 0 Å². The number of nitrogens with two attached hydrogens (primary N) is 1. The van der Waals surface area contributed by atoms with Crippen LogP contribution in [0.25, 0.3) is 0 Å². The number of rotatable bonds is 2. The van der Waals surface area contributed by atoms with Crippen molar-refractivity contribution in [2.75, 3.05) is 5.73 Å². The van der Waals surface area contributed by atoms with Crippen molar-refractivity contribution in [2.45, 2.75) is 6.42 Å². The lowest BCUT2D eigenvalue weighted by Gasteiger charge is -1.94. The molecule has 0 fully saturated rings. The zero-order valence-electron chi connectivity index (χ0n) is 6.97. The second-order valence-corrected chi connectivity index (χ2v) is 3.60. The van der Waals surface area contributed by atoms with Gasteiger partial charge in [-0.2, -0.15) is 4.37 Å². The van der Waals surface area contributed by atoms with Crippen molar-refractivity contribution in [1.82, 2.24) is 9.36 Å². The Balaban J connectivity index is 2.15. The number of hydrogen-bond acceptors (Lipinski definition) is 4. The van der Waals surface area contributed by atoms with Crippen LogP contribution in [0, 0.1) is 0 Å². The van der Waals surface area contributed by atoms with Crippen LogP contribution in [-0.2, 0) is 6.42 Å². The molecule has 2 aromatic rings. The van der Waals surface area contributed by atoms with Gasteiger partial charge in [0.25, 0.3) is 0 Å². The fourth-order valence-electron chi connectivity index (χ4n) is 1.12. The highest BCUT2D eigenvalue weighted by molar-refractivity contribution is 7.10. The van der Waals surface area contributed by atoms with Crippen LogP contribution in [0.4, 0.5) is 5.00 Å². The highest BCUT2D eigenvalue weighted by Gasteiger charge is 1.99. The average Bonchev–Trinajstić information content (AvgIpc) is 2.53. The maximum atomic E-state index is 5.57. The predicted molar refractivity (Wildman–Crippen MR) is 53.6 cm³/mol. The van der Waals surface area contributed by atoms with Gasteiger partial charge in [-0.3, -0.25) is 4.98 Å². The van der Waals surface area contributed by atoms with Gasteiger partial charge in [-0.05, 0) is 29.2 Å². The molecule has 0 bridgehead atoms. The highest BCUT2D eigenvalue weighted by atomic mass is 32.1. The maximum absolute atomic E-state index is 5.57. The monoisotopic (exact) mass is 191 g/mol. The third-order valence-electron chi connectivity index (χ3n) is 1.69. The van der Waals surface area contributed by atoms with Gasteiger partial charge in [0.05, 0.1) is 5.69 Å². The molecule has 0 aliphatic carbocycles. The van der Waals surface area contributed by atoms with Crippen LogP contribution in [0.15, 0.2) is 30.6 Å². The lowest BCUT2D eigenvalue weighted by molar-refractivity contribution is 1.11. The van der Waals surface area contributed by atoms with Crippen LogP contribution in [0.5, 0.6) is 0 Å². The molecule has 2 rings (SSSR count). The third-order valence-corrected chi connectivity index (χ3v) is 2.34. The summed E-state index contributed by atoms with van der Waals surface area (Å²) in [5.74, 6) is 0. The van der Waals surface area contributed by atoms with Gasteiger partial charge < -0.3 is 5.73 Å². The first-order valence-corrected chi connectivity index (χ1v) is 4.72. The van der Waals surface area contributed by atoms with Crippen molar-refractivity contribution in [3.05, 3.63) is 41.9 Å². The van der Waals surface area contributed by atoms with Gasteiger partial charge in [0.2, 0.25) is 0 Å². The molecule has 4 heteroatoms. The molecule has 0 spiro atoms. The number of hydrogen-bond donors (Lipinski definition) is 1. The van der Waals surface area contributed by atoms with E-state index in [-0.39, 0.29) is 0 Å². The first-order valence-electron chi connectivity index (χ1n) is 3.94. The molecule has 0 aliphatic rings. The van der Waals surface area contributed by atoms with E-state index in [2.05, 4.69) is 9.36 Å². The predicted octanol–water partition coefficient (Wildman–Crippen LogP) is 1.71. The van der Waals surface area contributed by atoms with E-state index < -0.39 is 0 Å². The van der Waals surface area contributed by atoms with Crippen LogP contribution in [0.1, 0.15) is 11.3 Å². The molecule has 0 atom stereocenters. The summed E-state index contributed by atoms with van der Waals surface area (Å²) in [5, 5.41) is 0.763. The summed E-state index contributed by atoms with van der Waals surface area (Å²) < 4.78 is 4.20. The van der Waals surface area contributed by atoms with Crippen molar-refractivity contribution in [3.63, 3.8) is 0 Å². The van der Waals surface area contributed by atoms with Crippen LogP contribution in [-0.4, -0.2) is 9.36 Å². The van der Waals surface area contributed by atoms with E-state index in [9.17, 15) is 0 Å². The molecule has 2 N–H and O–H groups in total. The first-order chi connectivity index (χ1) is 6.34. The summed E-state index contributed by atoms with van der Waals surface area (Å²) in [6, 6.07) is 5.85. The molecule has 0 aromatic carbocycles. The van der Waals surface area contributed by atoms with Gasteiger partial charge >= 0.3 is 0 Å². The molecule has 0 aliphatic heterocycles. The SMILES string of the molecule is Nc1cc(Cc2cccnc2)ns1. The lowest BCUT2D eigenvalue weighted by Crippen LogP contribution is -1.87. The van der Waals surface area contributed by atoms with Gasteiger partial charge in [-0.25, -0.2) is 0 Å². The molecule has 3 nitrogen and oxygen atoms in total. The van der Waals surface area contributed by atoms with Crippen LogP contribution in [0.3, 0.4) is 0 Å². The number of anilines is 1. The molecular weight excluding hydrogens is 182 g/mol. The van der Waals surface area contributed by atoms with Gasteiger partial charge in [0, 0.05) is 18.8 Å². The Hall–Kier alpha value is -1.42. The Morgan fingerprint density at radius 1 is 1.46 bits per heavy atom. The smallest absolute Gasteiger partial charge is 0.107 e. The minimum absolute atomic E-state index is 0.763. The number of aromatic nitrogens is 2. The summed E-state index contributed by atoms with van der Waals surface area (Å²) >= 11 is 1.33. The Kier molecular flexibility index (Phi) is 2.23. The number of nitrogens with zero attached hydrogens (tertiary/aromatic N) is 2. The molecule has 13 heavy (non-hydrogen) atoms. The quantitative estimate of drug-likeness (QED) is 0.786. The van der Waals surface area contributed by atoms with Crippen molar-refractivity contribution in [1.29, 1.82) is 0 Å². The van der Waals surface area contributed by atoms with Crippen molar-refractivity contribution < 1.29 is 0 Å². The Morgan fingerprint density at radius 2 is 2.38 bits per heavy atom. The van der Waals surface area contributed by atoms with Crippen molar-refractivity contribution in [2.24, 2.45) is 0 Å². The van der Waals surface area contributed by atoms with E-state index in [1.54, 1.807) is 6.20 Å². The van der Waals surface area contributed by atoms with E-state index in [0.717, 1.165) is 22.7 Å². The van der Waals surface area contributed by atoms with E-state index in [4.69, 9.17) is 5.73 Å². The van der Waals surface area contributed by atoms with Crippen molar-refractivity contribution in [3.8, 4) is 0 Å². The van der Waals surface area contributed by atoms with Gasteiger partial charge in [-0.1, -0.05) is 6.07 Å². The summed E-state index contributed by atoms with van der Waals surface area (Å²) in [6.45, 7) is 0. The highest BCUT2D eigenvalue weighted by Crippen LogP contribution is 2.14. The topological polar surface area (TPSA) is 51.8 Å².